The van der Waals surface area contributed by atoms with E-state index in [1.54, 1.807) is 40.1 Å². The normalized spacial score (nSPS) is 23.0. The van der Waals surface area contributed by atoms with E-state index in [4.69, 9.17) is 21.0 Å². The second-order valence-corrected chi connectivity index (χ2v) is 22.4. The number of benzene rings is 1. The number of carbonyl (C=O) groups is 3. The van der Waals surface area contributed by atoms with Gasteiger partial charge in [-0.25, -0.2) is 0 Å². The third-order valence-electron chi connectivity index (χ3n) is 14.3. The molecule has 3 aliphatic heterocycles. The van der Waals surface area contributed by atoms with E-state index in [0.717, 1.165) is 17.7 Å². The Labute approximate surface area is 443 Å². The van der Waals surface area contributed by atoms with E-state index in [0.29, 0.717) is 47.1 Å². The Hall–Kier alpha value is -5.05. The number of hydrazine groups is 1. The molecule has 0 radical (unpaired) electrons. The molecule has 4 aliphatic rings. The molecule has 4 atom stereocenters. The van der Waals surface area contributed by atoms with Gasteiger partial charge < -0.3 is 14.5 Å². The molecule has 14 nitrogen and oxygen atoms in total. The molecule has 3 fully saturated rings. The number of esters is 1. The maximum absolute atomic E-state index is 17.8. The van der Waals surface area contributed by atoms with Gasteiger partial charge in [0.1, 0.15) is 6.54 Å². The standard InChI is InChI=1S/C53H64F7N9O5.Os/c1-31(2)43(66(8)48(70)35-23-34(24-35)14-16-52(55,56)57)28-62-40-15-17-61-32(3)37-12-13-42-44(45(37)54)39(26-51(5,6)30-74-50(72)41-11-10-18-69(64-41)49(40)71)47(68(42)29-53(58,59)60)38-25-36(27-63-46(38)33(4)73-9)67-21-19-65(7)20-22-67;/h3,12-13,25,27,31,33-35,40-41,43,62,64H,10-11,15,18-24,26,29-30H2,1-2,4-9H3;/q-2;/t33-,34?,35?,40-,41-,43+;/m0./s1. The molecule has 0 spiro atoms. The number of anilines is 1. The van der Waals surface area contributed by atoms with Crippen molar-refractivity contribution in [3.63, 3.8) is 0 Å². The van der Waals surface area contributed by atoms with Crippen LogP contribution in [-0.2, 0) is 55.0 Å². The molecule has 2 amide bonds. The van der Waals surface area contributed by atoms with Crippen molar-refractivity contribution in [1.82, 2.24) is 35.1 Å². The first kappa shape index (κ1) is 57.6. The van der Waals surface area contributed by atoms with Gasteiger partial charge in [0.15, 0.2) is 0 Å². The van der Waals surface area contributed by atoms with Crippen molar-refractivity contribution in [1.29, 1.82) is 0 Å². The molecule has 5 heterocycles. The molecule has 3 aromatic rings. The van der Waals surface area contributed by atoms with Gasteiger partial charge in [0.25, 0.3) is 0 Å². The van der Waals surface area contributed by atoms with Crippen LogP contribution in [0.3, 0.4) is 0 Å². The average Bonchev–Trinajstić information content (AvgIpc) is 3.61. The Kier molecular flexibility index (Phi) is 17.9. The number of pyridine rings is 1. The number of nitrogens with zero attached hydrogens (tertiary/aromatic N) is 7. The van der Waals surface area contributed by atoms with Gasteiger partial charge in [0, 0.05) is 38.9 Å². The summed E-state index contributed by atoms with van der Waals surface area (Å²) < 4.78 is 114. The van der Waals surface area contributed by atoms with Crippen LogP contribution in [0.5, 0.6) is 0 Å². The van der Waals surface area contributed by atoms with Gasteiger partial charge in [-0.1, -0.05) is 0 Å². The number of halogens is 7. The number of hydrogen-bond donors (Lipinski definition) is 2. The van der Waals surface area contributed by atoms with Crippen LogP contribution in [0.2, 0.25) is 0 Å². The zero-order valence-electron chi connectivity index (χ0n) is 43.3. The molecule has 75 heavy (non-hydrogen) atoms. The monoisotopic (exact) mass is 1230 g/mol. The van der Waals surface area contributed by atoms with Gasteiger partial charge in [-0.3, -0.25) is 4.98 Å². The third-order valence-corrected chi connectivity index (χ3v) is 15.4. The SMILES string of the molecule is [CH-]=C1N=[C-]C[C@H](N[C](=[Os])[C@H](C(C)C)N(C)C(=O)C2CC(C#CC(F)(F)F)C2)C(=O)N2CCC[C@H](N2)C(=O)OCC(C)(C)Cc2c(-c3cc(N4CCN(C)CC4)cnc3[C@H](C)OC)n(CC(F)(F)F)c3ccc1c(F)c23. The predicted octanol–water partition coefficient (Wildman–Crippen LogP) is 7.31. The average molecular weight is 1230 g/mol. The molecular formula is C53H64F7N9O5Os-2. The van der Waals surface area contributed by atoms with Gasteiger partial charge in [-0.2, -0.15) is 13.2 Å². The quantitative estimate of drug-likeness (QED) is 0.0872. The second kappa shape index (κ2) is 23.3. The minimum atomic E-state index is -4.78. The summed E-state index contributed by atoms with van der Waals surface area (Å²) in [5, 5.41) is 4.42. The van der Waals surface area contributed by atoms with E-state index in [-0.39, 0.29) is 84.1 Å². The number of ether oxygens (including phenoxy) is 2. The van der Waals surface area contributed by atoms with Crippen LogP contribution in [0.1, 0.15) is 89.6 Å². The molecule has 2 N–H and O–H groups in total. The van der Waals surface area contributed by atoms with Crippen molar-refractivity contribution >= 4 is 50.5 Å². The summed E-state index contributed by atoms with van der Waals surface area (Å²) in [6.07, 6.45) is -4.95. The van der Waals surface area contributed by atoms with Gasteiger partial charge >= 0.3 is 323 Å². The summed E-state index contributed by atoms with van der Waals surface area (Å²) in [5.41, 5.74) is 2.85. The van der Waals surface area contributed by atoms with E-state index in [2.05, 4.69) is 37.7 Å². The van der Waals surface area contributed by atoms with Crippen LogP contribution in [0.4, 0.5) is 36.4 Å². The van der Waals surface area contributed by atoms with E-state index < -0.39 is 78.1 Å². The van der Waals surface area contributed by atoms with Crippen LogP contribution in [0, 0.1) is 47.4 Å². The van der Waals surface area contributed by atoms with Crippen LogP contribution in [0.15, 0.2) is 29.4 Å². The van der Waals surface area contributed by atoms with E-state index >= 15 is 4.39 Å². The van der Waals surface area contributed by atoms with Crippen LogP contribution < -0.4 is 15.6 Å². The summed E-state index contributed by atoms with van der Waals surface area (Å²) >= 11 is 1.42. The van der Waals surface area contributed by atoms with Crippen LogP contribution in [-0.4, -0.2) is 144 Å². The van der Waals surface area contributed by atoms with Crippen molar-refractivity contribution in [3.05, 3.63) is 53.6 Å². The molecule has 410 valence electrons. The topological polar surface area (TPSA) is 137 Å². The number of fused-ring (bicyclic) bond motifs is 3. The van der Waals surface area contributed by atoms with Crippen LogP contribution in [0.25, 0.3) is 27.9 Å². The predicted molar refractivity (Wildman–Crippen MR) is 266 cm³/mol. The zero-order chi connectivity index (χ0) is 54.9. The van der Waals surface area contributed by atoms with Crippen molar-refractivity contribution in [2.24, 2.45) is 28.2 Å². The number of methoxy groups -OCH3 is 1. The third kappa shape index (κ3) is 13.6. The number of carbonyl (C=O) groups excluding carboxylic acids is 3. The fraction of sp³-hybridized carbons (Fsp3) is 0.585. The van der Waals surface area contributed by atoms with Gasteiger partial charge in [-0.15, -0.1) is 0 Å². The molecule has 1 saturated carbocycles. The first-order chi connectivity index (χ1) is 35.2. The van der Waals surface area contributed by atoms with Gasteiger partial charge in [0.2, 0.25) is 0 Å². The number of likely N-dealkylation sites (N-methyl/N-ethyl adjacent to an activating group) is 2. The van der Waals surface area contributed by atoms with Crippen molar-refractivity contribution in [2.45, 2.75) is 116 Å². The number of aromatic nitrogens is 2. The minimum absolute atomic E-state index is 0.0618. The molecule has 1 aliphatic carbocycles. The number of cyclic esters (lactones) is 1. The number of piperazine rings is 1. The number of rotatable bonds is 11. The summed E-state index contributed by atoms with van der Waals surface area (Å²) in [4.78, 5) is 57.2. The fourth-order valence-corrected chi connectivity index (χ4v) is 12.0. The molecule has 1 aromatic carbocycles. The Morgan fingerprint density at radius 3 is 2.43 bits per heavy atom. The Morgan fingerprint density at radius 2 is 1.79 bits per heavy atom. The fourth-order valence-electron chi connectivity index (χ4n) is 10.2. The van der Waals surface area contributed by atoms with Crippen LogP contribution >= 0.6 is 0 Å². The van der Waals surface area contributed by atoms with Crippen molar-refractivity contribution < 1.29 is 72.7 Å². The Morgan fingerprint density at radius 1 is 1.09 bits per heavy atom. The van der Waals surface area contributed by atoms with Crippen molar-refractivity contribution in [2.75, 3.05) is 65.4 Å². The number of alkyl halides is 6. The van der Waals surface area contributed by atoms with Crippen molar-refractivity contribution in [3.8, 4) is 23.1 Å². The zero-order valence-corrected chi connectivity index (χ0v) is 45.8. The first-order valence-corrected chi connectivity index (χ1v) is 26.2. The Bertz CT molecular complexity index is 2750. The maximum atomic E-state index is 17.8. The number of amides is 2. The summed E-state index contributed by atoms with van der Waals surface area (Å²) in [5.74, 6) is -0.280. The van der Waals surface area contributed by atoms with Gasteiger partial charge in [-0.05, 0) is 20.0 Å². The molecular weight excluding hydrogens is 1170 g/mol. The number of aliphatic imine (C=N–C) groups is 1. The van der Waals surface area contributed by atoms with E-state index in [9.17, 15) is 40.7 Å². The number of nitrogens with one attached hydrogen (secondary N) is 2. The van der Waals surface area contributed by atoms with E-state index in [1.165, 1.54) is 53.2 Å². The molecule has 0 unspecified atom stereocenters. The molecule has 2 aromatic heterocycles. The number of hydrogen-bond acceptors (Lipinski definition) is 11. The molecule has 2 saturated heterocycles. The summed E-state index contributed by atoms with van der Waals surface area (Å²) in [7, 11) is 5.06. The first-order valence-electron chi connectivity index (χ1n) is 25.0. The summed E-state index contributed by atoms with van der Waals surface area (Å²) in [6, 6.07) is 1.68. The Balaban J connectivity index is 1.30. The van der Waals surface area contributed by atoms with Gasteiger partial charge in [0.05, 0.1) is 23.7 Å². The molecule has 22 heteroatoms. The summed E-state index contributed by atoms with van der Waals surface area (Å²) in [6.45, 7) is 16.8. The molecule has 4 bridgehead atoms. The second-order valence-electron chi connectivity index (χ2n) is 21.1. The molecule has 7 rings (SSSR count). The van der Waals surface area contributed by atoms with E-state index in [1.807, 2.05) is 20.9 Å².